The third kappa shape index (κ3) is 31.4. The van der Waals surface area contributed by atoms with Crippen molar-refractivity contribution in [1.82, 2.24) is 69.2 Å². The highest BCUT2D eigenvalue weighted by Crippen LogP contribution is 2.40. The number of hydrogen-bond acceptors (Lipinski definition) is 25. The average Bonchev–Trinajstić information content (AvgIpc) is 1.55. The molecule has 3 unspecified atom stereocenters. The number of rotatable bonds is 29. The fourth-order valence-corrected chi connectivity index (χ4v) is 22.0. The van der Waals surface area contributed by atoms with E-state index in [1.807, 2.05) is 0 Å². The Balaban J connectivity index is 0.000000126. The lowest BCUT2D eigenvalue weighted by Gasteiger charge is -2.38. The van der Waals surface area contributed by atoms with E-state index in [0.717, 1.165) is 306 Å². The van der Waals surface area contributed by atoms with Gasteiger partial charge < -0.3 is 53.2 Å². The maximum absolute atomic E-state index is 13.0. The Labute approximate surface area is 858 Å². The maximum Gasteiger partial charge on any atom is 0.125 e. The number of aliphatic hydroxyl groups is 3. The molecule has 3 N–H and O–H groups in total. The van der Waals surface area contributed by atoms with Gasteiger partial charge in [-0.15, -0.1) is 0 Å². The van der Waals surface area contributed by atoms with Crippen molar-refractivity contribution in [2.24, 2.45) is 0 Å². The fraction of sp³-hybridized carbons (Fsp3) is 0.698. The number of ether oxygens (including phenoxy) is 8. The maximum atomic E-state index is 13.0. The molecule has 0 saturated carbocycles. The molecule has 14 aliphatic rings. The molecule has 25 nitrogen and oxygen atoms in total. The van der Waals surface area contributed by atoms with Crippen molar-refractivity contribution in [2.45, 2.75) is 333 Å². The van der Waals surface area contributed by atoms with Crippen LogP contribution >= 0.6 is 0 Å². The van der Waals surface area contributed by atoms with Crippen LogP contribution in [0.15, 0.2) is 84.9 Å². The summed E-state index contributed by atoms with van der Waals surface area (Å²) >= 11 is 0. The van der Waals surface area contributed by atoms with Gasteiger partial charge in [0.25, 0.3) is 0 Å². The van der Waals surface area contributed by atoms with Crippen LogP contribution in [0.5, 0.6) is 0 Å². The zero-order valence-corrected chi connectivity index (χ0v) is 89.5. The molecule has 0 aromatic carbocycles. The van der Waals surface area contributed by atoms with Gasteiger partial charge in [-0.3, -0.25) is 69.2 Å². The van der Waals surface area contributed by atoms with E-state index in [0.29, 0.717) is 128 Å². The first-order valence-electron chi connectivity index (χ1n) is 55.0. The van der Waals surface area contributed by atoms with Gasteiger partial charge >= 0.3 is 0 Å². The van der Waals surface area contributed by atoms with E-state index in [2.05, 4.69) is 216 Å². The Bertz CT molecular complexity index is 4650. The lowest BCUT2D eigenvalue weighted by atomic mass is 9.94. The minimum absolute atomic E-state index is 0.170. The van der Waals surface area contributed by atoms with E-state index in [9.17, 15) is 28.5 Å². The van der Waals surface area contributed by atoms with Gasteiger partial charge in [-0.05, 0) is 187 Å². The summed E-state index contributed by atoms with van der Waals surface area (Å²) in [4.78, 5) is 50.0. The van der Waals surface area contributed by atoms with Crippen LogP contribution in [0.25, 0.3) is 0 Å². The summed E-state index contributed by atoms with van der Waals surface area (Å²) in [6, 6.07) is 30.8. The summed E-state index contributed by atoms with van der Waals surface area (Å²) in [6.07, 6.45) is 8.20. The standard InChI is InChI=1S/4C17H26N2O2.3C16H23FN2O/c1-12(2)16-5-4-15(13-6-7-21-11-13)17(18-16)10-19-8-14(9-19)20-3;3*1-12(2)16-4-3-15(13-6-8-21-11-13)17(18-16)10-19-7-5-14(20)9-19;3*1-11(2)15-4-3-14(12-5-6-20-10-12)16(18-15)9-19-7-13(17)8-19/h4-5,12-14H,6-11H2,1-3H3;3*3-4,12-14,20H,5-11H2,1-2H3;3*3-4,11-13H,5-10H2,1-2H3/t;13?,14-;13-,14+;13-,14-;2*12-;/m.01010./s1. The molecule has 144 heavy (non-hydrogen) atoms. The predicted molar refractivity (Wildman–Crippen MR) is 560 cm³/mol. The Hall–Kier alpha value is -6.88. The van der Waals surface area contributed by atoms with Crippen molar-refractivity contribution in [3.8, 4) is 0 Å². The number of methoxy groups -OCH3 is 1. The summed E-state index contributed by atoms with van der Waals surface area (Å²) < 4.78 is 83.1. The molecule has 7 aromatic heterocycles. The third-order valence-corrected chi connectivity index (χ3v) is 31.3. The molecule has 28 heteroatoms. The minimum atomic E-state index is -0.651. The lowest BCUT2D eigenvalue weighted by molar-refractivity contribution is -0.0341. The molecule has 7 aromatic rings. The van der Waals surface area contributed by atoms with Gasteiger partial charge in [0.15, 0.2) is 0 Å². The SMILES string of the molecule is CC(C)c1ccc(C2CCOC2)c(CN2CC(F)C2)n1.CC(C)c1ccc(C2CCOC2)c(CN2CC[C@H](O)C2)n1.CC(C)c1ccc([C@@H]2CCOC2)c(CN2CC(F)C2)n1.CC(C)c1ccc([C@@H]2CCOC2)c(CN2CC[C@H](O)C2)n1.CC(C)c1ccc([C@H]2CCOC2)c(CN2CC(F)C2)n1.CC(C)c1ccc([C@H]2CCOC2)c(CN2CC[C@H](O)C2)n1.COC1CN(Cc2nc(C(C)C)ccc2C2CCOC2)C1. The summed E-state index contributed by atoms with van der Waals surface area (Å²) in [6.45, 7) is 58.5. The van der Waals surface area contributed by atoms with Gasteiger partial charge in [0, 0.05) is 272 Å². The van der Waals surface area contributed by atoms with E-state index in [1.165, 1.54) is 67.4 Å². The highest BCUT2D eigenvalue weighted by atomic mass is 19.1. The van der Waals surface area contributed by atoms with E-state index in [1.54, 1.807) is 7.11 Å². The number of likely N-dealkylation sites (tertiary alicyclic amines) is 7. The number of halogens is 3. The van der Waals surface area contributed by atoms with Crippen LogP contribution in [0.3, 0.4) is 0 Å². The number of pyridine rings is 7. The molecule has 0 amide bonds. The van der Waals surface area contributed by atoms with Gasteiger partial charge in [0.2, 0.25) is 0 Å². The third-order valence-electron chi connectivity index (χ3n) is 31.3. The van der Waals surface area contributed by atoms with Crippen molar-refractivity contribution in [3.05, 3.63) is 204 Å². The van der Waals surface area contributed by atoms with E-state index in [-0.39, 0.29) is 18.3 Å². The van der Waals surface area contributed by atoms with Gasteiger partial charge in [0.05, 0.1) is 111 Å². The van der Waals surface area contributed by atoms with E-state index >= 15 is 0 Å². The fourth-order valence-electron chi connectivity index (χ4n) is 22.0. The monoisotopic (exact) mass is 2000 g/mol. The summed E-state index contributed by atoms with van der Waals surface area (Å²) in [5, 5.41) is 29.2. The number of hydrogen-bond donors (Lipinski definition) is 3. The number of aromatic nitrogens is 7. The lowest BCUT2D eigenvalue weighted by Crippen LogP contribution is -2.51. The summed E-state index contributed by atoms with van der Waals surface area (Å²) in [5.41, 5.74) is 25.5. The molecule has 14 aliphatic heterocycles. The molecule has 794 valence electrons. The normalized spacial score (nSPS) is 25.3. The van der Waals surface area contributed by atoms with Crippen molar-refractivity contribution >= 4 is 0 Å². The molecule has 14 saturated heterocycles. The van der Waals surface area contributed by atoms with Crippen molar-refractivity contribution < 1.29 is 66.4 Å². The second-order valence-corrected chi connectivity index (χ2v) is 45.4. The van der Waals surface area contributed by atoms with Gasteiger partial charge in [-0.2, -0.15) is 0 Å². The van der Waals surface area contributed by atoms with Crippen LogP contribution in [0.4, 0.5) is 13.2 Å². The van der Waals surface area contributed by atoms with Crippen molar-refractivity contribution in [3.63, 3.8) is 0 Å². The molecular formula is C116H173F3N14O11. The topological polar surface area (TPSA) is 247 Å². The molecule has 21 heterocycles. The Morgan fingerprint density at radius 3 is 0.549 bits per heavy atom. The predicted octanol–water partition coefficient (Wildman–Crippen LogP) is 18.0. The number of aliphatic hydroxyl groups excluding tert-OH is 3. The molecule has 0 bridgehead atoms. The number of β-amino-alcohol motifs (C(OH)–C–C–N with tert-alkyl or cyclic N) is 3. The molecule has 14 fully saturated rings. The largest absolute Gasteiger partial charge is 0.392 e. The highest BCUT2D eigenvalue weighted by Gasteiger charge is 2.38. The zero-order chi connectivity index (χ0) is 102. The second kappa shape index (κ2) is 54.2. The van der Waals surface area contributed by atoms with Crippen LogP contribution in [0, 0.1) is 0 Å². The molecule has 21 rings (SSSR count). The zero-order valence-electron chi connectivity index (χ0n) is 89.5. The molecule has 0 spiro atoms. The van der Waals surface area contributed by atoms with E-state index in [4.69, 9.17) is 72.8 Å². The Morgan fingerprint density at radius 1 is 0.250 bits per heavy atom. The van der Waals surface area contributed by atoms with Crippen LogP contribution in [-0.2, 0) is 83.7 Å². The van der Waals surface area contributed by atoms with Crippen LogP contribution in [0.2, 0.25) is 0 Å². The van der Waals surface area contributed by atoms with Gasteiger partial charge in [-0.25, -0.2) is 13.2 Å². The minimum Gasteiger partial charge on any atom is -0.392 e. The van der Waals surface area contributed by atoms with Gasteiger partial charge in [-0.1, -0.05) is 139 Å². The van der Waals surface area contributed by atoms with Crippen molar-refractivity contribution in [1.29, 1.82) is 0 Å². The first-order valence-corrected chi connectivity index (χ1v) is 55.0. The quantitative estimate of drug-likeness (QED) is 0.0394. The van der Waals surface area contributed by atoms with Crippen LogP contribution in [0.1, 0.15) is 363 Å². The van der Waals surface area contributed by atoms with E-state index < -0.39 is 18.5 Å². The van der Waals surface area contributed by atoms with Crippen molar-refractivity contribution in [2.75, 3.05) is 191 Å². The first-order chi connectivity index (χ1) is 69.5. The average molecular weight is 2000 g/mol. The molecule has 0 radical (unpaired) electrons. The second-order valence-electron chi connectivity index (χ2n) is 45.4. The number of nitrogens with zero attached hydrogens (tertiary/aromatic N) is 14. The summed E-state index contributed by atoms with van der Waals surface area (Å²) in [5.74, 6) is 6.44. The summed E-state index contributed by atoms with van der Waals surface area (Å²) in [7, 11) is 1.79. The van der Waals surface area contributed by atoms with Crippen LogP contribution in [-0.4, -0.2) is 319 Å². The van der Waals surface area contributed by atoms with Gasteiger partial charge in [0.1, 0.15) is 18.5 Å². The Kier molecular flexibility index (Phi) is 41.9. The molecular weight excluding hydrogens is 1820 g/mol. The first kappa shape index (κ1) is 111. The highest BCUT2D eigenvalue weighted by molar-refractivity contribution is 5.36. The Morgan fingerprint density at radius 2 is 0.417 bits per heavy atom. The smallest absolute Gasteiger partial charge is 0.125 e. The van der Waals surface area contributed by atoms with Crippen LogP contribution < -0.4 is 0 Å². The number of alkyl halides is 3. The molecule has 10 atom stereocenters. The molecule has 0 aliphatic carbocycles.